The van der Waals surface area contributed by atoms with Gasteiger partial charge in [0.25, 0.3) is 0 Å². The van der Waals surface area contributed by atoms with Crippen molar-refractivity contribution < 1.29 is 9.53 Å². The molecular formula is C16H12BrNO3S. The van der Waals surface area contributed by atoms with E-state index in [0.29, 0.717) is 24.5 Å². The molecule has 0 N–H and O–H groups in total. The van der Waals surface area contributed by atoms with E-state index >= 15 is 0 Å². The minimum absolute atomic E-state index is 0.00153. The summed E-state index contributed by atoms with van der Waals surface area (Å²) < 4.78 is 9.23. The largest absolute Gasteiger partial charge is 0.492 e. The molecule has 0 fully saturated rings. The fourth-order valence-corrected chi connectivity index (χ4v) is 3.65. The van der Waals surface area contributed by atoms with Crippen LogP contribution in [0, 0.1) is 0 Å². The number of ether oxygens (including phenoxy) is 1. The molecular weight excluding hydrogens is 366 g/mol. The lowest BCUT2D eigenvalue weighted by molar-refractivity contribution is 0.112. The Bertz CT molecular complexity index is 884. The highest BCUT2D eigenvalue weighted by Gasteiger charge is 2.08. The Hall–Kier alpha value is -1.92. The number of halogens is 1. The fraction of sp³-hybridized carbons (Fsp3) is 0.125. The predicted octanol–water partition coefficient (Wildman–Crippen LogP) is 3.72. The standard InChI is InChI=1S/C16H12BrNO3S/c17-12-4-5-14-15(9-12)22-16(20)18(14)6-7-21-13-3-1-2-11(8-13)10-19/h1-5,8-10H,6-7H2. The summed E-state index contributed by atoms with van der Waals surface area (Å²) in [6.45, 7) is 0.829. The maximum Gasteiger partial charge on any atom is 0.308 e. The van der Waals surface area contributed by atoms with E-state index in [1.54, 1.807) is 28.8 Å². The molecule has 0 aliphatic carbocycles. The van der Waals surface area contributed by atoms with Crippen molar-refractivity contribution in [1.82, 2.24) is 4.57 Å². The third-order valence-electron chi connectivity index (χ3n) is 3.21. The van der Waals surface area contributed by atoms with Crippen LogP contribution < -0.4 is 9.61 Å². The van der Waals surface area contributed by atoms with Crippen LogP contribution in [-0.2, 0) is 6.54 Å². The van der Waals surface area contributed by atoms with Gasteiger partial charge in [-0.05, 0) is 30.3 Å². The minimum Gasteiger partial charge on any atom is -0.492 e. The average molecular weight is 378 g/mol. The molecule has 3 rings (SSSR count). The molecule has 112 valence electrons. The summed E-state index contributed by atoms with van der Waals surface area (Å²) in [5.74, 6) is 0.625. The summed E-state index contributed by atoms with van der Waals surface area (Å²) in [7, 11) is 0. The SMILES string of the molecule is O=Cc1cccc(OCCn2c(=O)sc3cc(Br)ccc32)c1. The molecule has 0 spiro atoms. The number of aldehydes is 1. The van der Waals surface area contributed by atoms with Crippen LogP contribution in [0.5, 0.6) is 5.75 Å². The van der Waals surface area contributed by atoms with Gasteiger partial charge < -0.3 is 4.74 Å². The first-order valence-electron chi connectivity index (χ1n) is 6.64. The van der Waals surface area contributed by atoms with Crippen molar-refractivity contribution in [2.24, 2.45) is 0 Å². The topological polar surface area (TPSA) is 48.3 Å². The van der Waals surface area contributed by atoms with E-state index in [-0.39, 0.29) is 4.87 Å². The number of thiazole rings is 1. The maximum atomic E-state index is 12.1. The molecule has 2 aromatic carbocycles. The zero-order valence-electron chi connectivity index (χ0n) is 11.5. The fourth-order valence-electron chi connectivity index (χ4n) is 2.18. The molecule has 0 bridgehead atoms. The first kappa shape index (κ1) is 15.0. The van der Waals surface area contributed by atoms with E-state index in [1.807, 2.05) is 18.2 Å². The third kappa shape index (κ3) is 3.13. The van der Waals surface area contributed by atoms with Crippen molar-refractivity contribution in [3.8, 4) is 5.75 Å². The molecule has 0 atom stereocenters. The summed E-state index contributed by atoms with van der Waals surface area (Å²) in [4.78, 5) is 22.8. The van der Waals surface area contributed by atoms with Gasteiger partial charge in [-0.3, -0.25) is 14.2 Å². The first-order valence-corrected chi connectivity index (χ1v) is 8.25. The van der Waals surface area contributed by atoms with Gasteiger partial charge in [0.15, 0.2) is 0 Å². The molecule has 0 saturated carbocycles. The van der Waals surface area contributed by atoms with Gasteiger partial charge in [0.2, 0.25) is 0 Å². The highest BCUT2D eigenvalue weighted by molar-refractivity contribution is 9.10. The highest BCUT2D eigenvalue weighted by atomic mass is 79.9. The average Bonchev–Trinajstić information content (AvgIpc) is 2.82. The van der Waals surface area contributed by atoms with Crippen molar-refractivity contribution in [3.05, 3.63) is 62.2 Å². The molecule has 0 amide bonds. The molecule has 6 heteroatoms. The van der Waals surface area contributed by atoms with Gasteiger partial charge in [-0.1, -0.05) is 39.4 Å². The van der Waals surface area contributed by atoms with Crippen molar-refractivity contribution >= 4 is 43.8 Å². The summed E-state index contributed by atoms with van der Waals surface area (Å²) in [6.07, 6.45) is 0.779. The lowest BCUT2D eigenvalue weighted by atomic mass is 10.2. The van der Waals surface area contributed by atoms with Crippen LogP contribution in [0.1, 0.15) is 10.4 Å². The molecule has 1 aromatic heterocycles. The van der Waals surface area contributed by atoms with Gasteiger partial charge in [0, 0.05) is 10.0 Å². The van der Waals surface area contributed by atoms with E-state index in [9.17, 15) is 9.59 Å². The molecule has 0 aliphatic rings. The summed E-state index contributed by atoms with van der Waals surface area (Å²) in [5, 5.41) is 0. The third-order valence-corrected chi connectivity index (χ3v) is 4.64. The van der Waals surface area contributed by atoms with Gasteiger partial charge in [0.05, 0.1) is 16.8 Å². The Labute approximate surface area is 139 Å². The predicted molar refractivity (Wildman–Crippen MR) is 91.1 cm³/mol. The van der Waals surface area contributed by atoms with Crippen LogP contribution in [0.3, 0.4) is 0 Å². The molecule has 3 aromatic rings. The van der Waals surface area contributed by atoms with E-state index in [4.69, 9.17) is 4.74 Å². The lowest BCUT2D eigenvalue weighted by Gasteiger charge is -2.07. The Balaban J connectivity index is 1.75. The number of fused-ring (bicyclic) bond motifs is 1. The Morgan fingerprint density at radius 1 is 1.23 bits per heavy atom. The Morgan fingerprint density at radius 3 is 2.91 bits per heavy atom. The maximum absolute atomic E-state index is 12.1. The van der Waals surface area contributed by atoms with Crippen LogP contribution in [-0.4, -0.2) is 17.5 Å². The number of carbonyl (C=O) groups excluding carboxylic acids is 1. The zero-order valence-corrected chi connectivity index (χ0v) is 13.9. The summed E-state index contributed by atoms with van der Waals surface area (Å²) in [5.41, 5.74) is 1.48. The number of hydrogen-bond acceptors (Lipinski definition) is 4. The second-order valence-electron chi connectivity index (χ2n) is 4.67. The number of aromatic nitrogens is 1. The second kappa shape index (κ2) is 6.46. The molecule has 0 radical (unpaired) electrons. The Morgan fingerprint density at radius 2 is 2.09 bits per heavy atom. The van der Waals surface area contributed by atoms with Crippen LogP contribution in [0.2, 0.25) is 0 Å². The molecule has 0 aliphatic heterocycles. The Kier molecular flexibility index (Phi) is 4.40. The van der Waals surface area contributed by atoms with Gasteiger partial charge >= 0.3 is 4.87 Å². The smallest absolute Gasteiger partial charge is 0.308 e. The number of nitrogens with zero attached hydrogens (tertiary/aromatic N) is 1. The molecule has 0 unspecified atom stereocenters. The molecule has 1 heterocycles. The first-order chi connectivity index (χ1) is 10.7. The molecule has 4 nitrogen and oxygen atoms in total. The van der Waals surface area contributed by atoms with Gasteiger partial charge in [0.1, 0.15) is 18.6 Å². The van der Waals surface area contributed by atoms with Crippen molar-refractivity contribution in [2.45, 2.75) is 6.54 Å². The van der Waals surface area contributed by atoms with E-state index < -0.39 is 0 Å². The lowest BCUT2D eigenvalue weighted by Crippen LogP contribution is -2.17. The number of benzene rings is 2. The monoisotopic (exact) mass is 377 g/mol. The summed E-state index contributed by atoms with van der Waals surface area (Å²) >= 11 is 4.63. The normalized spacial score (nSPS) is 10.8. The van der Waals surface area contributed by atoms with Crippen molar-refractivity contribution in [1.29, 1.82) is 0 Å². The number of rotatable bonds is 5. The van der Waals surface area contributed by atoms with Gasteiger partial charge in [-0.2, -0.15) is 0 Å². The number of hydrogen-bond donors (Lipinski definition) is 0. The molecule has 0 saturated heterocycles. The van der Waals surface area contributed by atoms with Crippen LogP contribution in [0.4, 0.5) is 0 Å². The minimum atomic E-state index is -0.00153. The van der Waals surface area contributed by atoms with Gasteiger partial charge in [-0.15, -0.1) is 0 Å². The quantitative estimate of drug-likeness (QED) is 0.636. The zero-order chi connectivity index (χ0) is 15.5. The molecule has 22 heavy (non-hydrogen) atoms. The van der Waals surface area contributed by atoms with Crippen LogP contribution >= 0.6 is 27.3 Å². The van der Waals surface area contributed by atoms with E-state index in [0.717, 1.165) is 21.0 Å². The number of carbonyl (C=O) groups is 1. The van der Waals surface area contributed by atoms with E-state index in [2.05, 4.69) is 15.9 Å². The second-order valence-corrected chi connectivity index (χ2v) is 6.58. The van der Waals surface area contributed by atoms with Crippen LogP contribution in [0.25, 0.3) is 10.2 Å². The van der Waals surface area contributed by atoms with Crippen molar-refractivity contribution in [3.63, 3.8) is 0 Å². The summed E-state index contributed by atoms with van der Waals surface area (Å²) in [6, 6.07) is 12.7. The van der Waals surface area contributed by atoms with Gasteiger partial charge in [-0.25, -0.2) is 0 Å². The van der Waals surface area contributed by atoms with Crippen molar-refractivity contribution in [2.75, 3.05) is 6.61 Å². The van der Waals surface area contributed by atoms with Crippen LogP contribution in [0.15, 0.2) is 51.7 Å². The highest BCUT2D eigenvalue weighted by Crippen LogP contribution is 2.22. The van der Waals surface area contributed by atoms with E-state index in [1.165, 1.54) is 11.3 Å².